The molecule has 5 nitrogen and oxygen atoms in total. The number of halogens is 4. The quantitative estimate of drug-likeness (QED) is 0.523. The van der Waals surface area contributed by atoms with E-state index in [1.807, 2.05) is 0 Å². The van der Waals surface area contributed by atoms with Gasteiger partial charge in [0.2, 0.25) is 0 Å². The van der Waals surface area contributed by atoms with E-state index in [9.17, 15) is 31.9 Å². The molecular formula is C6H4F4O5. The minimum absolute atomic E-state index is 2.65. The number of ketones is 1. The van der Waals surface area contributed by atoms with E-state index in [1.165, 1.54) is 0 Å². The number of hydrogen-bond acceptors (Lipinski definition) is 3. The fraction of sp³-hybridized carbons (Fsp3) is 0.500. The Labute approximate surface area is 79.3 Å². The summed E-state index contributed by atoms with van der Waals surface area (Å²) >= 11 is 0. The first-order valence-electron chi connectivity index (χ1n) is 3.28. The highest BCUT2D eigenvalue weighted by Crippen LogP contribution is 2.31. The summed E-state index contributed by atoms with van der Waals surface area (Å²) in [4.78, 5) is 30.1. The zero-order chi connectivity index (χ0) is 12.4. The van der Waals surface area contributed by atoms with Crippen molar-refractivity contribution in [1.29, 1.82) is 0 Å². The highest BCUT2D eigenvalue weighted by Gasteiger charge is 2.58. The second kappa shape index (κ2) is 4.24. The lowest BCUT2D eigenvalue weighted by molar-refractivity contribution is -0.184. The molecule has 0 spiro atoms. The number of carbonyl (C=O) groups excluding carboxylic acids is 1. The van der Waals surface area contributed by atoms with Gasteiger partial charge in [-0.3, -0.25) is 9.59 Å². The Morgan fingerprint density at radius 1 is 1.07 bits per heavy atom. The first-order chi connectivity index (χ1) is 6.62. The van der Waals surface area contributed by atoms with Crippen molar-refractivity contribution in [2.45, 2.75) is 12.3 Å². The van der Waals surface area contributed by atoms with Gasteiger partial charge in [-0.15, -0.1) is 0 Å². The van der Waals surface area contributed by atoms with E-state index < -0.39 is 36.0 Å². The maximum Gasteiger partial charge on any atom is 0.378 e. The van der Waals surface area contributed by atoms with Crippen molar-refractivity contribution in [3.05, 3.63) is 0 Å². The maximum absolute atomic E-state index is 12.6. The van der Waals surface area contributed by atoms with Crippen LogP contribution in [0.3, 0.4) is 0 Å². The standard InChI is InChI=1S/C6H4F4O5/c7-3(8)1(4(12)13)6(9,10)2(11)5(14)15/h1,3H,(H,12,13)(H,14,15). The zero-order valence-corrected chi connectivity index (χ0v) is 6.79. The van der Waals surface area contributed by atoms with E-state index in [0.29, 0.717) is 0 Å². The van der Waals surface area contributed by atoms with Gasteiger partial charge in [-0.05, 0) is 0 Å². The van der Waals surface area contributed by atoms with E-state index >= 15 is 0 Å². The van der Waals surface area contributed by atoms with Crippen LogP contribution in [0.2, 0.25) is 0 Å². The van der Waals surface area contributed by atoms with Gasteiger partial charge >= 0.3 is 23.6 Å². The van der Waals surface area contributed by atoms with Crippen LogP contribution >= 0.6 is 0 Å². The molecule has 0 aromatic rings. The van der Waals surface area contributed by atoms with Crippen molar-refractivity contribution in [1.82, 2.24) is 0 Å². The van der Waals surface area contributed by atoms with Crippen molar-refractivity contribution < 1.29 is 42.2 Å². The van der Waals surface area contributed by atoms with Gasteiger partial charge in [-0.1, -0.05) is 0 Å². The van der Waals surface area contributed by atoms with E-state index in [2.05, 4.69) is 0 Å². The SMILES string of the molecule is O=C(O)C(=O)C(F)(F)C(C(=O)O)C(F)F. The van der Waals surface area contributed by atoms with E-state index in [4.69, 9.17) is 10.2 Å². The monoisotopic (exact) mass is 232 g/mol. The Kier molecular flexibility index (Phi) is 3.76. The van der Waals surface area contributed by atoms with Gasteiger partial charge in [0.1, 0.15) is 0 Å². The summed E-state index contributed by atoms with van der Waals surface area (Å²) in [7, 11) is 0. The van der Waals surface area contributed by atoms with Crippen LogP contribution in [-0.4, -0.2) is 40.3 Å². The molecule has 2 N–H and O–H groups in total. The fourth-order valence-electron chi connectivity index (χ4n) is 0.705. The zero-order valence-electron chi connectivity index (χ0n) is 6.79. The van der Waals surface area contributed by atoms with Gasteiger partial charge in [-0.25, -0.2) is 13.6 Å². The molecule has 0 aromatic heterocycles. The molecule has 1 unspecified atom stereocenters. The Morgan fingerprint density at radius 2 is 1.47 bits per heavy atom. The molecule has 9 heteroatoms. The number of Topliss-reactive ketones (excluding diaryl/α,β-unsaturated/α-hetero) is 1. The molecule has 86 valence electrons. The Balaban J connectivity index is 5.21. The lowest BCUT2D eigenvalue weighted by Crippen LogP contribution is -2.48. The summed E-state index contributed by atoms with van der Waals surface area (Å²) in [5.74, 6) is -17.0. The third-order valence-electron chi connectivity index (χ3n) is 1.41. The van der Waals surface area contributed by atoms with Crippen LogP contribution in [0.5, 0.6) is 0 Å². The summed E-state index contributed by atoms with van der Waals surface area (Å²) in [5.41, 5.74) is 0. The number of carboxylic acids is 2. The molecule has 0 rings (SSSR count). The van der Waals surface area contributed by atoms with Crippen molar-refractivity contribution >= 4 is 17.7 Å². The molecule has 0 saturated heterocycles. The van der Waals surface area contributed by atoms with Gasteiger partial charge in [0, 0.05) is 0 Å². The van der Waals surface area contributed by atoms with Crippen molar-refractivity contribution in [3.63, 3.8) is 0 Å². The normalized spacial score (nSPS) is 13.7. The average Bonchev–Trinajstić information content (AvgIpc) is 1.99. The van der Waals surface area contributed by atoms with Gasteiger partial charge in [-0.2, -0.15) is 8.78 Å². The summed E-state index contributed by atoms with van der Waals surface area (Å²) in [6.07, 6.45) is -4.05. The Bertz CT molecular complexity index is 300. The van der Waals surface area contributed by atoms with Crippen LogP contribution in [0.15, 0.2) is 0 Å². The molecule has 0 heterocycles. The molecule has 0 fully saturated rings. The van der Waals surface area contributed by atoms with Gasteiger partial charge in [0.05, 0.1) is 0 Å². The molecule has 0 aromatic carbocycles. The topological polar surface area (TPSA) is 91.7 Å². The molecule has 0 aliphatic carbocycles. The van der Waals surface area contributed by atoms with E-state index in [1.54, 1.807) is 0 Å². The van der Waals surface area contributed by atoms with Gasteiger partial charge in [0.15, 0.2) is 5.92 Å². The molecule has 0 saturated carbocycles. The molecule has 0 amide bonds. The second-order valence-electron chi connectivity index (χ2n) is 2.41. The number of carboxylic acid groups (broad SMARTS) is 2. The van der Waals surface area contributed by atoms with Crippen molar-refractivity contribution in [3.8, 4) is 0 Å². The first kappa shape index (κ1) is 13.3. The molecule has 1 atom stereocenters. The lowest BCUT2D eigenvalue weighted by Gasteiger charge is -2.19. The van der Waals surface area contributed by atoms with Crippen LogP contribution in [0.4, 0.5) is 17.6 Å². The predicted octanol–water partition coefficient (Wildman–Crippen LogP) is 0.241. The number of aliphatic carboxylic acids is 2. The molecule has 15 heavy (non-hydrogen) atoms. The predicted molar refractivity (Wildman–Crippen MR) is 34.7 cm³/mol. The number of rotatable bonds is 5. The summed E-state index contributed by atoms with van der Waals surface area (Å²) in [6, 6.07) is 0. The minimum Gasteiger partial charge on any atom is -0.481 e. The summed E-state index contributed by atoms with van der Waals surface area (Å²) in [6.45, 7) is 0. The highest BCUT2D eigenvalue weighted by atomic mass is 19.3. The van der Waals surface area contributed by atoms with E-state index in [-0.39, 0.29) is 0 Å². The van der Waals surface area contributed by atoms with Gasteiger partial charge in [0.25, 0.3) is 6.43 Å². The van der Waals surface area contributed by atoms with Crippen LogP contribution < -0.4 is 0 Å². The number of hydrogen-bond donors (Lipinski definition) is 2. The largest absolute Gasteiger partial charge is 0.481 e. The third kappa shape index (κ3) is 2.64. The molecule has 0 bridgehead atoms. The van der Waals surface area contributed by atoms with Gasteiger partial charge < -0.3 is 10.2 Å². The Hall–Kier alpha value is -1.67. The van der Waals surface area contributed by atoms with Crippen molar-refractivity contribution in [2.24, 2.45) is 5.92 Å². The molecule has 0 radical (unpaired) electrons. The van der Waals surface area contributed by atoms with Crippen LogP contribution in [-0.2, 0) is 14.4 Å². The second-order valence-corrected chi connectivity index (χ2v) is 2.41. The van der Waals surface area contributed by atoms with Crippen LogP contribution in [0, 0.1) is 5.92 Å². The number of alkyl halides is 4. The lowest BCUT2D eigenvalue weighted by atomic mass is 9.98. The maximum atomic E-state index is 12.6. The summed E-state index contributed by atoms with van der Waals surface area (Å²) < 4.78 is 49.0. The smallest absolute Gasteiger partial charge is 0.378 e. The van der Waals surface area contributed by atoms with Crippen LogP contribution in [0.1, 0.15) is 0 Å². The van der Waals surface area contributed by atoms with E-state index in [0.717, 1.165) is 0 Å². The molecular weight excluding hydrogens is 228 g/mol. The highest BCUT2D eigenvalue weighted by molar-refractivity contribution is 6.36. The van der Waals surface area contributed by atoms with Crippen LogP contribution in [0.25, 0.3) is 0 Å². The van der Waals surface area contributed by atoms with Crippen molar-refractivity contribution in [2.75, 3.05) is 0 Å². The number of carbonyl (C=O) groups is 3. The summed E-state index contributed by atoms with van der Waals surface area (Å²) in [5, 5.41) is 15.9. The fourth-order valence-corrected chi connectivity index (χ4v) is 0.705. The first-order valence-corrected chi connectivity index (χ1v) is 3.28. The Morgan fingerprint density at radius 3 is 1.67 bits per heavy atom. The minimum atomic E-state index is -5.15. The third-order valence-corrected chi connectivity index (χ3v) is 1.41. The average molecular weight is 232 g/mol. The molecule has 0 aliphatic rings. The molecule has 0 aliphatic heterocycles.